The quantitative estimate of drug-likeness (QED) is 0.165. The third-order valence-electron chi connectivity index (χ3n) is 6.61. The number of carbonyl (C=O) groups excluding carboxylic acids is 1. The number of para-hydroxylation sites is 1. The van der Waals surface area contributed by atoms with Gasteiger partial charge in [-0.3, -0.25) is 9.36 Å². The lowest BCUT2D eigenvalue weighted by molar-refractivity contribution is 0.102. The van der Waals surface area contributed by atoms with Crippen LogP contribution in [0.1, 0.15) is 52.9 Å². The number of aromatic amines is 1. The minimum Gasteiger partial charge on any atom is -0.486 e. The summed E-state index contributed by atoms with van der Waals surface area (Å²) < 4.78 is 8.16. The third-order valence-corrected chi connectivity index (χ3v) is 7.55. The number of ether oxygens (including phenoxy) is 1. The Bertz CT molecular complexity index is 1510. The number of benzene rings is 3. The summed E-state index contributed by atoms with van der Waals surface area (Å²) in [5, 5.41) is 10.6. The Kier molecular flexibility index (Phi) is 7.42. The number of Topliss-reactive ketones (excluding diaryl/α,β-unsaturated/α-hetero) is 1. The molecule has 0 saturated heterocycles. The van der Waals surface area contributed by atoms with Crippen molar-refractivity contribution >= 4 is 28.4 Å². The van der Waals surface area contributed by atoms with Crippen LogP contribution in [0.15, 0.2) is 84.0 Å². The van der Waals surface area contributed by atoms with Gasteiger partial charge in [0.15, 0.2) is 16.8 Å². The van der Waals surface area contributed by atoms with Crippen LogP contribution >= 0.6 is 11.8 Å². The van der Waals surface area contributed by atoms with Crippen molar-refractivity contribution < 1.29 is 9.53 Å². The molecule has 0 fully saturated rings. The lowest BCUT2D eigenvalue weighted by Gasteiger charge is -2.18. The SMILES string of the molecule is CCc1ccc(OCc2nnc(SCC(=O)c3c(C)[nH]c4ccccc34)n2C(C)c2ccccc2)cc1. The summed E-state index contributed by atoms with van der Waals surface area (Å²) in [6.07, 6.45) is 0.987. The molecule has 0 spiro atoms. The third kappa shape index (κ3) is 5.32. The fraction of sp³-hybridized carbons (Fsp3) is 0.233. The van der Waals surface area contributed by atoms with E-state index < -0.39 is 0 Å². The van der Waals surface area contributed by atoms with Gasteiger partial charge in [-0.1, -0.05) is 79.3 Å². The van der Waals surface area contributed by atoms with Crippen molar-refractivity contribution in [2.75, 3.05) is 5.75 Å². The fourth-order valence-corrected chi connectivity index (χ4v) is 5.49. The second-order valence-electron chi connectivity index (χ2n) is 9.02. The number of ketones is 1. The molecular weight excluding hydrogens is 480 g/mol. The smallest absolute Gasteiger partial charge is 0.192 e. The first kappa shape index (κ1) is 24.8. The minimum absolute atomic E-state index is 0.0234. The predicted octanol–water partition coefficient (Wildman–Crippen LogP) is 6.79. The van der Waals surface area contributed by atoms with E-state index >= 15 is 0 Å². The van der Waals surface area contributed by atoms with Crippen LogP contribution in [0.2, 0.25) is 0 Å². The molecule has 0 aliphatic rings. The highest BCUT2D eigenvalue weighted by atomic mass is 32.2. The summed E-state index contributed by atoms with van der Waals surface area (Å²) in [6.45, 7) is 6.48. The monoisotopic (exact) mass is 510 g/mol. The first-order valence-electron chi connectivity index (χ1n) is 12.5. The number of carbonyl (C=O) groups is 1. The van der Waals surface area contributed by atoms with Crippen molar-refractivity contribution in [1.29, 1.82) is 0 Å². The molecule has 0 amide bonds. The van der Waals surface area contributed by atoms with Gasteiger partial charge in [0.05, 0.1) is 11.8 Å². The first-order chi connectivity index (χ1) is 18.0. The summed E-state index contributed by atoms with van der Waals surface area (Å²) >= 11 is 1.41. The lowest BCUT2D eigenvalue weighted by atomic mass is 10.1. The molecule has 2 heterocycles. The Morgan fingerprint density at radius 1 is 1.00 bits per heavy atom. The Labute approximate surface area is 221 Å². The van der Waals surface area contributed by atoms with E-state index in [1.807, 2.05) is 61.5 Å². The van der Waals surface area contributed by atoms with Crippen LogP contribution in [0.5, 0.6) is 5.75 Å². The van der Waals surface area contributed by atoms with Crippen LogP contribution in [-0.4, -0.2) is 31.3 Å². The molecule has 7 heteroatoms. The van der Waals surface area contributed by atoms with Crippen LogP contribution in [0.25, 0.3) is 10.9 Å². The first-order valence-corrected chi connectivity index (χ1v) is 13.5. The van der Waals surface area contributed by atoms with Gasteiger partial charge in [-0.25, -0.2) is 0 Å². The van der Waals surface area contributed by atoms with Gasteiger partial charge in [-0.05, 0) is 49.6 Å². The molecule has 0 aliphatic heterocycles. The fourth-order valence-electron chi connectivity index (χ4n) is 4.58. The Morgan fingerprint density at radius 3 is 2.49 bits per heavy atom. The molecule has 3 aromatic carbocycles. The van der Waals surface area contributed by atoms with E-state index in [9.17, 15) is 4.79 Å². The van der Waals surface area contributed by atoms with Crippen LogP contribution in [0.3, 0.4) is 0 Å². The molecule has 1 atom stereocenters. The number of thioether (sulfide) groups is 1. The zero-order chi connectivity index (χ0) is 25.8. The van der Waals surface area contributed by atoms with E-state index in [0.29, 0.717) is 11.0 Å². The van der Waals surface area contributed by atoms with Crippen LogP contribution in [0.4, 0.5) is 0 Å². The second-order valence-corrected chi connectivity index (χ2v) is 9.97. The zero-order valence-electron chi connectivity index (χ0n) is 21.3. The van der Waals surface area contributed by atoms with Gasteiger partial charge >= 0.3 is 0 Å². The number of fused-ring (bicyclic) bond motifs is 1. The van der Waals surface area contributed by atoms with Crippen molar-refractivity contribution in [2.24, 2.45) is 0 Å². The highest BCUT2D eigenvalue weighted by Gasteiger charge is 2.22. The number of aromatic nitrogens is 4. The Morgan fingerprint density at radius 2 is 1.73 bits per heavy atom. The van der Waals surface area contributed by atoms with Gasteiger partial charge < -0.3 is 9.72 Å². The lowest BCUT2D eigenvalue weighted by Crippen LogP contribution is -2.14. The van der Waals surface area contributed by atoms with Crippen molar-refractivity contribution in [1.82, 2.24) is 19.7 Å². The largest absolute Gasteiger partial charge is 0.486 e. The molecule has 6 nitrogen and oxygen atoms in total. The topological polar surface area (TPSA) is 72.8 Å². The molecule has 0 saturated carbocycles. The van der Waals surface area contributed by atoms with E-state index in [1.165, 1.54) is 17.3 Å². The van der Waals surface area contributed by atoms with Crippen molar-refractivity contribution in [2.45, 2.75) is 45.0 Å². The van der Waals surface area contributed by atoms with Gasteiger partial charge in [0.2, 0.25) is 0 Å². The molecule has 5 rings (SSSR count). The van der Waals surface area contributed by atoms with E-state index in [0.717, 1.165) is 39.9 Å². The molecule has 0 aliphatic carbocycles. The number of hydrogen-bond donors (Lipinski definition) is 1. The van der Waals surface area contributed by atoms with Crippen molar-refractivity contribution in [3.63, 3.8) is 0 Å². The van der Waals surface area contributed by atoms with Crippen molar-refractivity contribution in [3.8, 4) is 5.75 Å². The van der Waals surface area contributed by atoms with Crippen LogP contribution < -0.4 is 4.74 Å². The minimum atomic E-state index is -0.0234. The average Bonchev–Trinajstić information content (AvgIpc) is 3.50. The molecule has 5 aromatic rings. The maximum absolute atomic E-state index is 13.3. The molecule has 1 unspecified atom stereocenters. The second kappa shape index (κ2) is 11.0. The van der Waals surface area contributed by atoms with E-state index in [2.05, 4.69) is 57.9 Å². The van der Waals surface area contributed by atoms with Gasteiger partial charge in [0.25, 0.3) is 0 Å². The van der Waals surface area contributed by atoms with Crippen LogP contribution in [0, 0.1) is 6.92 Å². The summed E-state index contributed by atoms with van der Waals surface area (Å²) in [5.74, 6) is 1.84. The normalized spacial score (nSPS) is 12.1. The van der Waals surface area contributed by atoms with Gasteiger partial charge in [0, 0.05) is 22.2 Å². The summed E-state index contributed by atoms with van der Waals surface area (Å²) in [7, 11) is 0. The number of hydrogen-bond acceptors (Lipinski definition) is 5. The van der Waals surface area contributed by atoms with Gasteiger partial charge in [0.1, 0.15) is 12.4 Å². The van der Waals surface area contributed by atoms with Crippen LogP contribution in [-0.2, 0) is 13.0 Å². The Balaban J connectivity index is 1.39. The summed E-state index contributed by atoms with van der Waals surface area (Å²) in [5.41, 5.74) is 5.00. The Hall–Kier alpha value is -3.84. The summed E-state index contributed by atoms with van der Waals surface area (Å²) in [6, 6.07) is 26.2. The predicted molar refractivity (Wildman–Crippen MR) is 149 cm³/mol. The standard InChI is InChI=1S/C30H30N4O2S/c1-4-22-14-16-24(17-15-22)36-18-28-32-33-30(34(28)21(3)23-10-6-5-7-11-23)37-19-27(35)29-20(2)31-26-13-9-8-12-25(26)29/h5-17,21,31H,4,18-19H2,1-3H3. The van der Waals surface area contributed by atoms with E-state index in [4.69, 9.17) is 4.74 Å². The number of H-pyrrole nitrogens is 1. The zero-order valence-corrected chi connectivity index (χ0v) is 22.1. The maximum atomic E-state index is 13.3. The molecule has 37 heavy (non-hydrogen) atoms. The molecule has 0 bridgehead atoms. The maximum Gasteiger partial charge on any atom is 0.192 e. The average molecular weight is 511 g/mol. The van der Waals surface area contributed by atoms with E-state index in [1.54, 1.807) is 0 Å². The molecule has 2 aromatic heterocycles. The molecule has 188 valence electrons. The molecule has 1 N–H and O–H groups in total. The summed E-state index contributed by atoms with van der Waals surface area (Å²) in [4.78, 5) is 16.6. The highest BCUT2D eigenvalue weighted by molar-refractivity contribution is 7.99. The van der Waals surface area contributed by atoms with E-state index in [-0.39, 0.29) is 24.2 Å². The number of rotatable bonds is 10. The highest BCUT2D eigenvalue weighted by Crippen LogP contribution is 2.29. The molecular formula is C30H30N4O2S. The van der Waals surface area contributed by atoms with Gasteiger partial charge in [-0.15, -0.1) is 10.2 Å². The number of nitrogens with one attached hydrogen (secondary N) is 1. The van der Waals surface area contributed by atoms with Gasteiger partial charge in [-0.2, -0.15) is 0 Å². The number of aryl methyl sites for hydroxylation is 2. The molecule has 0 radical (unpaired) electrons. The van der Waals surface area contributed by atoms with Crippen molar-refractivity contribution in [3.05, 3.63) is 107 Å². The number of nitrogens with zero attached hydrogens (tertiary/aromatic N) is 3.